The normalized spacial score (nSPS) is 11.6. The topological polar surface area (TPSA) is 0 Å². The summed E-state index contributed by atoms with van der Waals surface area (Å²) in [7, 11) is 0. The van der Waals surface area contributed by atoms with Crippen LogP contribution in [0.25, 0.3) is 0 Å². The SMILES string of the molecule is BrC(Br)(c1ccccc1)c1cccs1. The summed E-state index contributed by atoms with van der Waals surface area (Å²) in [6, 6.07) is 14.5. The molecule has 0 spiro atoms. The molecule has 0 N–H and O–H groups in total. The average molecular weight is 332 g/mol. The first-order valence-corrected chi connectivity index (χ1v) is 6.65. The van der Waals surface area contributed by atoms with Gasteiger partial charge in [0.05, 0.1) is 0 Å². The van der Waals surface area contributed by atoms with Gasteiger partial charge in [-0.25, -0.2) is 0 Å². The van der Waals surface area contributed by atoms with Crippen molar-refractivity contribution in [3.05, 3.63) is 58.3 Å². The Morgan fingerprint density at radius 3 is 2.21 bits per heavy atom. The maximum absolute atomic E-state index is 3.70. The van der Waals surface area contributed by atoms with Crippen molar-refractivity contribution >= 4 is 43.2 Å². The molecule has 0 fully saturated rings. The summed E-state index contributed by atoms with van der Waals surface area (Å²) in [5, 5.41) is 2.08. The molecule has 1 aromatic carbocycles. The quantitative estimate of drug-likeness (QED) is 0.697. The van der Waals surface area contributed by atoms with E-state index in [-0.39, 0.29) is 3.23 Å². The van der Waals surface area contributed by atoms with Gasteiger partial charge in [-0.3, -0.25) is 0 Å². The van der Waals surface area contributed by atoms with Gasteiger partial charge in [0.2, 0.25) is 0 Å². The van der Waals surface area contributed by atoms with E-state index in [1.165, 1.54) is 10.4 Å². The lowest BCUT2D eigenvalue weighted by Crippen LogP contribution is -2.07. The molecular weight excluding hydrogens is 324 g/mol. The minimum absolute atomic E-state index is 0.241. The standard InChI is InChI=1S/C11H8Br2S/c12-11(13,10-7-4-8-14-10)9-5-2-1-3-6-9/h1-8H. The number of alkyl halides is 2. The summed E-state index contributed by atoms with van der Waals surface area (Å²) < 4.78 is -0.241. The van der Waals surface area contributed by atoms with Crippen LogP contribution in [0.4, 0.5) is 0 Å². The number of hydrogen-bond acceptors (Lipinski definition) is 1. The number of benzene rings is 1. The van der Waals surface area contributed by atoms with E-state index in [1.807, 2.05) is 18.2 Å². The van der Waals surface area contributed by atoms with E-state index in [2.05, 4.69) is 61.5 Å². The van der Waals surface area contributed by atoms with Gasteiger partial charge in [0, 0.05) is 4.88 Å². The second kappa shape index (κ2) is 4.17. The highest BCUT2D eigenvalue weighted by Gasteiger charge is 2.28. The molecule has 0 radical (unpaired) electrons. The van der Waals surface area contributed by atoms with Crippen molar-refractivity contribution in [1.82, 2.24) is 0 Å². The van der Waals surface area contributed by atoms with Crippen molar-refractivity contribution in [3.8, 4) is 0 Å². The predicted octanol–water partition coefficient (Wildman–Crippen LogP) is 4.74. The Bertz CT molecular complexity index is 392. The van der Waals surface area contributed by atoms with Crippen molar-refractivity contribution in [2.45, 2.75) is 3.23 Å². The van der Waals surface area contributed by atoms with E-state index in [0.29, 0.717) is 0 Å². The molecule has 2 aromatic rings. The Morgan fingerprint density at radius 1 is 0.929 bits per heavy atom. The molecule has 2 rings (SSSR count). The van der Waals surface area contributed by atoms with Crippen LogP contribution in [0, 0.1) is 0 Å². The molecule has 0 aliphatic rings. The Morgan fingerprint density at radius 2 is 1.64 bits per heavy atom. The molecule has 0 amide bonds. The van der Waals surface area contributed by atoms with Crippen LogP contribution in [0.15, 0.2) is 47.8 Å². The van der Waals surface area contributed by atoms with Crippen LogP contribution in [0.5, 0.6) is 0 Å². The van der Waals surface area contributed by atoms with Gasteiger partial charge < -0.3 is 0 Å². The highest BCUT2D eigenvalue weighted by molar-refractivity contribution is 9.25. The molecule has 0 atom stereocenters. The summed E-state index contributed by atoms with van der Waals surface area (Å²) in [6.45, 7) is 0. The third kappa shape index (κ3) is 1.95. The van der Waals surface area contributed by atoms with E-state index in [1.54, 1.807) is 11.3 Å². The van der Waals surface area contributed by atoms with Gasteiger partial charge in [-0.1, -0.05) is 68.3 Å². The van der Waals surface area contributed by atoms with Crippen molar-refractivity contribution in [1.29, 1.82) is 0 Å². The average Bonchev–Trinajstić information content (AvgIpc) is 2.72. The molecule has 0 saturated carbocycles. The maximum Gasteiger partial charge on any atom is 0.139 e. The molecule has 0 aliphatic carbocycles. The first-order chi connectivity index (χ1) is 6.71. The largest absolute Gasteiger partial charge is 0.146 e. The maximum atomic E-state index is 3.70. The number of rotatable bonds is 2. The van der Waals surface area contributed by atoms with Crippen molar-refractivity contribution in [3.63, 3.8) is 0 Å². The van der Waals surface area contributed by atoms with Crippen LogP contribution in [0.2, 0.25) is 0 Å². The first kappa shape index (κ1) is 10.4. The van der Waals surface area contributed by atoms with Crippen LogP contribution >= 0.6 is 43.2 Å². The fourth-order valence-corrected chi connectivity index (χ4v) is 3.33. The van der Waals surface area contributed by atoms with E-state index >= 15 is 0 Å². The third-order valence-electron chi connectivity index (χ3n) is 1.97. The Balaban J connectivity index is 2.43. The van der Waals surface area contributed by atoms with Crippen molar-refractivity contribution in [2.24, 2.45) is 0 Å². The number of hydrogen-bond donors (Lipinski definition) is 0. The summed E-state index contributed by atoms with van der Waals surface area (Å²) >= 11 is 9.14. The highest BCUT2D eigenvalue weighted by atomic mass is 79.9. The van der Waals surface area contributed by atoms with Crippen LogP contribution in [-0.2, 0) is 3.23 Å². The monoisotopic (exact) mass is 330 g/mol. The van der Waals surface area contributed by atoms with Crippen molar-refractivity contribution < 1.29 is 0 Å². The summed E-state index contributed by atoms with van der Waals surface area (Å²) in [5.41, 5.74) is 1.21. The minimum Gasteiger partial charge on any atom is -0.146 e. The van der Waals surface area contributed by atoms with Crippen LogP contribution in [0.1, 0.15) is 10.4 Å². The molecule has 0 unspecified atom stereocenters. The van der Waals surface area contributed by atoms with E-state index in [4.69, 9.17) is 0 Å². The van der Waals surface area contributed by atoms with Gasteiger partial charge in [-0.15, -0.1) is 11.3 Å². The second-order valence-corrected chi connectivity index (χ2v) is 7.31. The third-order valence-corrected chi connectivity index (χ3v) is 5.25. The molecule has 3 heteroatoms. The van der Waals surface area contributed by atoms with Gasteiger partial charge in [-0.2, -0.15) is 0 Å². The summed E-state index contributed by atoms with van der Waals surface area (Å²) in [4.78, 5) is 1.25. The van der Waals surface area contributed by atoms with Gasteiger partial charge in [0.1, 0.15) is 3.23 Å². The van der Waals surface area contributed by atoms with E-state index in [0.717, 1.165) is 0 Å². The molecule has 1 aromatic heterocycles. The second-order valence-electron chi connectivity index (χ2n) is 2.92. The fourth-order valence-electron chi connectivity index (χ4n) is 1.25. The lowest BCUT2D eigenvalue weighted by Gasteiger charge is -2.19. The predicted molar refractivity (Wildman–Crippen MR) is 69.4 cm³/mol. The molecule has 14 heavy (non-hydrogen) atoms. The zero-order valence-electron chi connectivity index (χ0n) is 7.28. The summed E-state index contributed by atoms with van der Waals surface area (Å²) in [6.07, 6.45) is 0. The Hall–Kier alpha value is -0.120. The van der Waals surface area contributed by atoms with E-state index < -0.39 is 0 Å². The zero-order chi connectivity index (χ0) is 10.0. The molecule has 0 bridgehead atoms. The van der Waals surface area contributed by atoms with Gasteiger partial charge >= 0.3 is 0 Å². The lowest BCUT2D eigenvalue weighted by molar-refractivity contribution is 1.16. The first-order valence-electron chi connectivity index (χ1n) is 4.18. The van der Waals surface area contributed by atoms with Crippen LogP contribution < -0.4 is 0 Å². The van der Waals surface area contributed by atoms with Gasteiger partial charge in [0.15, 0.2) is 0 Å². The van der Waals surface area contributed by atoms with Crippen LogP contribution in [0.3, 0.4) is 0 Å². The molecule has 0 aliphatic heterocycles. The highest BCUT2D eigenvalue weighted by Crippen LogP contribution is 2.46. The molecular formula is C11H8Br2S. The van der Waals surface area contributed by atoms with Crippen LogP contribution in [-0.4, -0.2) is 0 Å². The van der Waals surface area contributed by atoms with E-state index in [9.17, 15) is 0 Å². The van der Waals surface area contributed by atoms with Gasteiger partial charge in [0.25, 0.3) is 0 Å². The molecule has 0 saturated heterocycles. The Kier molecular flexibility index (Phi) is 3.10. The number of thiophene rings is 1. The van der Waals surface area contributed by atoms with Crippen molar-refractivity contribution in [2.75, 3.05) is 0 Å². The lowest BCUT2D eigenvalue weighted by atomic mass is 10.1. The molecule has 0 nitrogen and oxygen atoms in total. The molecule has 1 heterocycles. The fraction of sp³-hybridized carbons (Fsp3) is 0.0909. The smallest absolute Gasteiger partial charge is 0.139 e. The minimum atomic E-state index is -0.241. The van der Waals surface area contributed by atoms with Gasteiger partial charge in [-0.05, 0) is 17.0 Å². The zero-order valence-corrected chi connectivity index (χ0v) is 11.3. The Labute approximate surface area is 104 Å². The molecule has 72 valence electrons. The summed E-state index contributed by atoms with van der Waals surface area (Å²) in [5.74, 6) is 0. The number of halogens is 2.